The van der Waals surface area contributed by atoms with Gasteiger partial charge in [0.1, 0.15) is 5.82 Å². The lowest BCUT2D eigenvalue weighted by Gasteiger charge is -2.04. The SMILES string of the molecule is CCCc1nc(-c2ccnc(C)c2)cc(=O)[nH]1. The van der Waals surface area contributed by atoms with E-state index in [9.17, 15) is 4.79 Å². The summed E-state index contributed by atoms with van der Waals surface area (Å²) in [5, 5.41) is 0. The van der Waals surface area contributed by atoms with Gasteiger partial charge in [0.2, 0.25) is 0 Å². The van der Waals surface area contributed by atoms with Crippen LogP contribution in [0.25, 0.3) is 11.3 Å². The fourth-order valence-corrected chi connectivity index (χ4v) is 1.72. The molecule has 0 aliphatic carbocycles. The molecule has 4 nitrogen and oxygen atoms in total. The number of hydrogen-bond donors (Lipinski definition) is 1. The molecule has 2 aromatic heterocycles. The number of rotatable bonds is 3. The smallest absolute Gasteiger partial charge is 0.251 e. The Morgan fingerprint density at radius 3 is 2.88 bits per heavy atom. The molecule has 0 aliphatic heterocycles. The molecule has 0 saturated carbocycles. The first-order chi connectivity index (χ1) is 8.19. The lowest BCUT2D eigenvalue weighted by molar-refractivity contribution is 0.827. The van der Waals surface area contributed by atoms with Gasteiger partial charge in [-0.1, -0.05) is 6.92 Å². The molecule has 0 aromatic carbocycles. The van der Waals surface area contributed by atoms with Crippen molar-refractivity contribution < 1.29 is 0 Å². The number of nitrogens with one attached hydrogen (secondary N) is 1. The van der Waals surface area contributed by atoms with Gasteiger partial charge in [-0.2, -0.15) is 0 Å². The lowest BCUT2D eigenvalue weighted by Crippen LogP contribution is -2.11. The Bertz CT molecular complexity index is 575. The monoisotopic (exact) mass is 229 g/mol. The van der Waals surface area contributed by atoms with Crippen molar-refractivity contribution in [2.24, 2.45) is 0 Å². The molecule has 0 unspecified atom stereocenters. The summed E-state index contributed by atoms with van der Waals surface area (Å²) in [5.74, 6) is 0.740. The Labute approximate surface area is 99.8 Å². The summed E-state index contributed by atoms with van der Waals surface area (Å²) in [5.41, 5.74) is 2.46. The highest BCUT2D eigenvalue weighted by Gasteiger charge is 2.04. The molecule has 0 aliphatic rings. The molecule has 4 heteroatoms. The minimum absolute atomic E-state index is 0.104. The average molecular weight is 229 g/mol. The summed E-state index contributed by atoms with van der Waals surface area (Å²) < 4.78 is 0. The number of H-pyrrole nitrogens is 1. The van der Waals surface area contributed by atoms with Gasteiger partial charge in [0.05, 0.1) is 5.69 Å². The fourth-order valence-electron chi connectivity index (χ4n) is 1.72. The third kappa shape index (κ3) is 2.78. The second-order valence-corrected chi connectivity index (χ2v) is 4.01. The zero-order valence-electron chi connectivity index (χ0n) is 10.0. The largest absolute Gasteiger partial charge is 0.311 e. The van der Waals surface area contributed by atoms with Gasteiger partial charge in [-0.25, -0.2) is 4.98 Å². The number of aromatic amines is 1. The van der Waals surface area contributed by atoms with Gasteiger partial charge in [-0.15, -0.1) is 0 Å². The Morgan fingerprint density at radius 2 is 2.18 bits per heavy atom. The third-order valence-corrected chi connectivity index (χ3v) is 2.47. The Hall–Kier alpha value is -1.97. The Balaban J connectivity index is 2.48. The van der Waals surface area contributed by atoms with E-state index in [4.69, 9.17) is 0 Å². The van der Waals surface area contributed by atoms with Crippen LogP contribution in [0.2, 0.25) is 0 Å². The molecule has 0 bridgehead atoms. The maximum atomic E-state index is 11.5. The molecule has 0 fully saturated rings. The highest BCUT2D eigenvalue weighted by Crippen LogP contribution is 2.15. The highest BCUT2D eigenvalue weighted by molar-refractivity contribution is 5.58. The molecule has 0 spiro atoms. The van der Waals surface area contributed by atoms with Crippen molar-refractivity contribution in [1.29, 1.82) is 0 Å². The molecule has 0 amide bonds. The maximum absolute atomic E-state index is 11.5. The summed E-state index contributed by atoms with van der Waals surface area (Å²) in [7, 11) is 0. The molecule has 0 radical (unpaired) electrons. The van der Waals surface area contributed by atoms with Gasteiger partial charge in [0.25, 0.3) is 5.56 Å². The van der Waals surface area contributed by atoms with Gasteiger partial charge in [0.15, 0.2) is 0 Å². The molecular weight excluding hydrogens is 214 g/mol. The second kappa shape index (κ2) is 4.91. The van der Waals surface area contributed by atoms with Crippen molar-refractivity contribution in [3.63, 3.8) is 0 Å². The van der Waals surface area contributed by atoms with E-state index < -0.39 is 0 Å². The molecule has 0 atom stereocenters. The maximum Gasteiger partial charge on any atom is 0.251 e. The molecular formula is C13H15N3O. The van der Waals surface area contributed by atoms with E-state index in [1.807, 2.05) is 19.1 Å². The number of nitrogens with zero attached hydrogens (tertiary/aromatic N) is 2. The minimum Gasteiger partial charge on any atom is -0.311 e. The van der Waals surface area contributed by atoms with Crippen LogP contribution >= 0.6 is 0 Å². The Morgan fingerprint density at radius 1 is 1.35 bits per heavy atom. The second-order valence-electron chi connectivity index (χ2n) is 4.01. The van der Waals surface area contributed by atoms with Crippen LogP contribution in [0.1, 0.15) is 24.9 Å². The van der Waals surface area contributed by atoms with Crippen LogP contribution in [0.4, 0.5) is 0 Å². The van der Waals surface area contributed by atoms with Crippen LogP contribution in [-0.2, 0) is 6.42 Å². The quantitative estimate of drug-likeness (QED) is 0.876. The van der Waals surface area contributed by atoms with Crippen LogP contribution in [0.5, 0.6) is 0 Å². The summed E-state index contributed by atoms with van der Waals surface area (Å²) in [6.45, 7) is 3.98. The normalized spacial score (nSPS) is 10.5. The third-order valence-electron chi connectivity index (χ3n) is 2.47. The predicted molar refractivity (Wildman–Crippen MR) is 66.8 cm³/mol. The molecule has 88 valence electrons. The standard InChI is InChI=1S/C13H15N3O/c1-3-4-12-15-11(8-13(17)16-12)10-5-6-14-9(2)7-10/h5-8H,3-4H2,1-2H3,(H,15,16,17). The average Bonchev–Trinajstić information content (AvgIpc) is 2.28. The topological polar surface area (TPSA) is 58.6 Å². The van der Waals surface area contributed by atoms with Crippen LogP contribution in [-0.4, -0.2) is 15.0 Å². The first kappa shape index (κ1) is 11.5. The van der Waals surface area contributed by atoms with E-state index in [-0.39, 0.29) is 5.56 Å². The van der Waals surface area contributed by atoms with E-state index in [1.165, 1.54) is 6.07 Å². The van der Waals surface area contributed by atoms with Crippen molar-refractivity contribution in [3.05, 3.63) is 46.3 Å². The van der Waals surface area contributed by atoms with Crippen LogP contribution < -0.4 is 5.56 Å². The molecule has 1 N–H and O–H groups in total. The summed E-state index contributed by atoms with van der Waals surface area (Å²) in [6, 6.07) is 5.32. The number of aromatic nitrogens is 3. The van der Waals surface area contributed by atoms with Gasteiger partial charge >= 0.3 is 0 Å². The first-order valence-corrected chi connectivity index (χ1v) is 5.72. The zero-order valence-corrected chi connectivity index (χ0v) is 10.0. The van der Waals surface area contributed by atoms with Crippen LogP contribution in [0, 0.1) is 6.92 Å². The predicted octanol–water partition coefficient (Wildman–Crippen LogP) is 2.09. The van der Waals surface area contributed by atoms with Gasteiger partial charge in [-0.05, 0) is 25.5 Å². The molecule has 2 aromatic rings. The van der Waals surface area contributed by atoms with Gasteiger partial charge < -0.3 is 4.98 Å². The van der Waals surface area contributed by atoms with Gasteiger partial charge in [0, 0.05) is 29.9 Å². The van der Waals surface area contributed by atoms with Gasteiger partial charge in [-0.3, -0.25) is 9.78 Å². The fraction of sp³-hybridized carbons (Fsp3) is 0.308. The van der Waals surface area contributed by atoms with Crippen molar-refractivity contribution in [2.45, 2.75) is 26.7 Å². The van der Waals surface area contributed by atoms with Crippen molar-refractivity contribution in [2.75, 3.05) is 0 Å². The van der Waals surface area contributed by atoms with Crippen LogP contribution in [0.15, 0.2) is 29.2 Å². The van der Waals surface area contributed by atoms with E-state index in [1.54, 1.807) is 6.20 Å². The highest BCUT2D eigenvalue weighted by atomic mass is 16.1. The van der Waals surface area contributed by atoms with Crippen LogP contribution in [0.3, 0.4) is 0 Å². The van der Waals surface area contributed by atoms with E-state index in [0.717, 1.165) is 29.9 Å². The zero-order chi connectivity index (χ0) is 12.3. The van der Waals surface area contributed by atoms with Crippen molar-refractivity contribution >= 4 is 0 Å². The molecule has 0 saturated heterocycles. The van der Waals surface area contributed by atoms with Crippen molar-refractivity contribution in [3.8, 4) is 11.3 Å². The Kier molecular flexibility index (Phi) is 3.32. The molecule has 2 rings (SSSR count). The number of pyridine rings is 1. The first-order valence-electron chi connectivity index (χ1n) is 5.72. The number of hydrogen-bond acceptors (Lipinski definition) is 3. The lowest BCUT2D eigenvalue weighted by atomic mass is 10.1. The summed E-state index contributed by atoms with van der Waals surface area (Å²) in [4.78, 5) is 22.9. The summed E-state index contributed by atoms with van der Waals surface area (Å²) in [6.07, 6.45) is 3.47. The molecule has 2 heterocycles. The van der Waals surface area contributed by atoms with E-state index in [0.29, 0.717) is 5.69 Å². The molecule has 17 heavy (non-hydrogen) atoms. The van der Waals surface area contributed by atoms with E-state index >= 15 is 0 Å². The van der Waals surface area contributed by atoms with E-state index in [2.05, 4.69) is 21.9 Å². The summed E-state index contributed by atoms with van der Waals surface area (Å²) >= 11 is 0. The van der Waals surface area contributed by atoms with Crippen molar-refractivity contribution in [1.82, 2.24) is 15.0 Å². The minimum atomic E-state index is -0.104. The number of aryl methyl sites for hydroxylation is 2.